The van der Waals surface area contributed by atoms with E-state index in [1.54, 1.807) is 30.3 Å². The Morgan fingerprint density at radius 1 is 1.38 bits per heavy atom. The highest BCUT2D eigenvalue weighted by Crippen LogP contribution is 2.30. The molecule has 2 aromatic rings. The molecule has 0 heterocycles. The molecule has 0 saturated carbocycles. The van der Waals surface area contributed by atoms with Gasteiger partial charge < -0.3 is 9.84 Å². The van der Waals surface area contributed by atoms with Gasteiger partial charge in [-0.05, 0) is 58.7 Å². The number of phenols is 1. The van der Waals surface area contributed by atoms with Crippen LogP contribution in [0.4, 0.5) is 0 Å². The van der Waals surface area contributed by atoms with E-state index < -0.39 is 5.91 Å². The lowest BCUT2D eigenvalue weighted by Crippen LogP contribution is -2.24. The maximum Gasteiger partial charge on any atom is 0.277 e. The number of nitrogens with zero attached hydrogens (tertiary/aromatic N) is 1. The summed E-state index contributed by atoms with van der Waals surface area (Å²) in [7, 11) is 0. The molecule has 2 N–H and O–H groups in total. The molecule has 8 heteroatoms. The van der Waals surface area contributed by atoms with E-state index in [4.69, 9.17) is 16.3 Å². The van der Waals surface area contributed by atoms with Gasteiger partial charge in [0.2, 0.25) is 0 Å². The molecular weight excluding hydrogens is 463 g/mol. The van der Waals surface area contributed by atoms with Gasteiger partial charge in [0.05, 0.1) is 10.7 Å². The number of ether oxygens (including phenoxy) is 1. The van der Waals surface area contributed by atoms with Crippen molar-refractivity contribution in [3.8, 4) is 11.5 Å². The second kappa shape index (κ2) is 8.50. The highest BCUT2D eigenvalue weighted by Gasteiger charge is 2.07. The SMILES string of the molecule is Cc1cc(Cl)ccc1OCC(=O)NN=Cc1cc(Br)cc(Br)c1O. The summed E-state index contributed by atoms with van der Waals surface area (Å²) < 4.78 is 6.69. The Labute approximate surface area is 160 Å². The van der Waals surface area contributed by atoms with Crippen LogP contribution < -0.4 is 10.2 Å². The molecule has 2 aromatic carbocycles. The second-order valence-electron chi connectivity index (χ2n) is 4.82. The molecule has 0 aliphatic carbocycles. The van der Waals surface area contributed by atoms with Crippen LogP contribution in [0.5, 0.6) is 11.5 Å². The Balaban J connectivity index is 1.91. The summed E-state index contributed by atoms with van der Waals surface area (Å²) in [6, 6.07) is 8.51. The largest absolute Gasteiger partial charge is 0.506 e. The third-order valence-electron chi connectivity index (χ3n) is 2.95. The van der Waals surface area contributed by atoms with E-state index in [9.17, 15) is 9.90 Å². The van der Waals surface area contributed by atoms with Crippen LogP contribution in [0.3, 0.4) is 0 Å². The number of hydrogen-bond donors (Lipinski definition) is 2. The quantitative estimate of drug-likeness (QED) is 0.496. The van der Waals surface area contributed by atoms with Crippen molar-refractivity contribution in [2.75, 3.05) is 6.61 Å². The molecule has 0 unspecified atom stereocenters. The zero-order valence-corrected chi connectivity index (χ0v) is 16.4. The maximum absolute atomic E-state index is 11.7. The molecule has 0 radical (unpaired) electrons. The predicted octanol–water partition coefficient (Wildman–Crippen LogP) is 4.41. The molecule has 0 aliphatic rings. The normalized spacial score (nSPS) is 10.8. The molecule has 0 spiro atoms. The van der Waals surface area contributed by atoms with Crippen LogP contribution >= 0.6 is 43.5 Å². The van der Waals surface area contributed by atoms with Gasteiger partial charge in [-0.15, -0.1) is 0 Å². The molecule has 24 heavy (non-hydrogen) atoms. The summed E-state index contributed by atoms with van der Waals surface area (Å²) in [5.41, 5.74) is 3.62. The van der Waals surface area contributed by atoms with Gasteiger partial charge in [0.25, 0.3) is 5.91 Å². The average Bonchev–Trinajstić information content (AvgIpc) is 2.51. The van der Waals surface area contributed by atoms with Gasteiger partial charge in [-0.3, -0.25) is 4.79 Å². The molecule has 0 atom stereocenters. The summed E-state index contributed by atoms with van der Waals surface area (Å²) in [5, 5.41) is 14.3. The van der Waals surface area contributed by atoms with Crippen LogP contribution in [0, 0.1) is 6.92 Å². The molecule has 0 fully saturated rings. The number of halogens is 3. The van der Waals surface area contributed by atoms with Gasteiger partial charge in [0, 0.05) is 15.1 Å². The van der Waals surface area contributed by atoms with Gasteiger partial charge >= 0.3 is 0 Å². The summed E-state index contributed by atoms with van der Waals surface area (Å²) >= 11 is 12.4. The molecule has 126 valence electrons. The number of carbonyl (C=O) groups excluding carboxylic acids is 1. The number of aromatic hydroxyl groups is 1. The number of hydrazone groups is 1. The first-order valence-electron chi connectivity index (χ1n) is 6.75. The van der Waals surface area contributed by atoms with E-state index in [0.29, 0.717) is 20.8 Å². The zero-order chi connectivity index (χ0) is 17.7. The minimum atomic E-state index is -0.422. The Hall–Kier alpha value is -1.57. The molecule has 2 rings (SSSR count). The Bertz CT molecular complexity index is 797. The number of benzene rings is 2. The lowest BCUT2D eigenvalue weighted by molar-refractivity contribution is -0.123. The molecule has 0 saturated heterocycles. The van der Waals surface area contributed by atoms with Crippen LogP contribution in [-0.2, 0) is 4.79 Å². The monoisotopic (exact) mass is 474 g/mol. The zero-order valence-electron chi connectivity index (χ0n) is 12.5. The minimum Gasteiger partial charge on any atom is -0.506 e. The van der Waals surface area contributed by atoms with Crippen LogP contribution in [0.1, 0.15) is 11.1 Å². The fraction of sp³-hybridized carbons (Fsp3) is 0.125. The van der Waals surface area contributed by atoms with Crippen molar-refractivity contribution in [2.24, 2.45) is 5.10 Å². The van der Waals surface area contributed by atoms with Crippen molar-refractivity contribution in [3.63, 3.8) is 0 Å². The number of amides is 1. The summed E-state index contributed by atoms with van der Waals surface area (Å²) in [6.45, 7) is 1.65. The number of hydrogen-bond acceptors (Lipinski definition) is 4. The van der Waals surface area contributed by atoms with Crippen molar-refractivity contribution in [3.05, 3.63) is 55.4 Å². The first-order valence-corrected chi connectivity index (χ1v) is 8.72. The Morgan fingerprint density at radius 3 is 2.83 bits per heavy atom. The van der Waals surface area contributed by atoms with Gasteiger partial charge in [-0.1, -0.05) is 27.5 Å². The lowest BCUT2D eigenvalue weighted by atomic mass is 10.2. The van der Waals surface area contributed by atoms with E-state index in [1.165, 1.54) is 6.21 Å². The van der Waals surface area contributed by atoms with E-state index >= 15 is 0 Å². The fourth-order valence-corrected chi connectivity index (χ4v) is 3.29. The van der Waals surface area contributed by atoms with Crippen LogP contribution in [-0.4, -0.2) is 23.8 Å². The van der Waals surface area contributed by atoms with Crippen molar-refractivity contribution in [1.82, 2.24) is 5.43 Å². The second-order valence-corrected chi connectivity index (χ2v) is 7.02. The van der Waals surface area contributed by atoms with Gasteiger partial charge in [0.1, 0.15) is 11.5 Å². The third kappa shape index (κ3) is 5.22. The first kappa shape index (κ1) is 18.8. The molecule has 5 nitrogen and oxygen atoms in total. The number of nitrogens with one attached hydrogen (secondary N) is 1. The minimum absolute atomic E-state index is 0.0317. The molecular formula is C16H13Br2ClN2O3. The van der Waals surface area contributed by atoms with Gasteiger partial charge in [-0.2, -0.15) is 5.10 Å². The summed E-state index contributed by atoms with van der Waals surface area (Å²) in [4.78, 5) is 11.7. The third-order valence-corrected chi connectivity index (χ3v) is 4.24. The first-order chi connectivity index (χ1) is 11.4. The van der Waals surface area contributed by atoms with Crippen molar-refractivity contribution < 1.29 is 14.6 Å². The smallest absolute Gasteiger partial charge is 0.277 e. The number of carbonyl (C=O) groups is 1. The molecule has 0 bridgehead atoms. The summed E-state index contributed by atoms with van der Waals surface area (Å²) in [6.07, 6.45) is 1.34. The number of aryl methyl sites for hydroxylation is 1. The number of phenolic OH excluding ortho intramolecular Hbond substituents is 1. The van der Waals surface area contributed by atoms with Crippen molar-refractivity contribution >= 4 is 55.6 Å². The topological polar surface area (TPSA) is 70.9 Å². The Morgan fingerprint density at radius 2 is 2.12 bits per heavy atom. The van der Waals surface area contributed by atoms with Crippen molar-refractivity contribution in [2.45, 2.75) is 6.92 Å². The highest BCUT2D eigenvalue weighted by atomic mass is 79.9. The van der Waals surface area contributed by atoms with Crippen LogP contribution in [0.2, 0.25) is 5.02 Å². The average molecular weight is 477 g/mol. The van der Waals surface area contributed by atoms with E-state index in [1.807, 2.05) is 6.92 Å². The van der Waals surface area contributed by atoms with E-state index in [-0.39, 0.29) is 12.4 Å². The van der Waals surface area contributed by atoms with Gasteiger partial charge in [-0.25, -0.2) is 5.43 Å². The highest BCUT2D eigenvalue weighted by molar-refractivity contribution is 9.11. The molecule has 1 amide bonds. The predicted molar refractivity (Wildman–Crippen MR) is 101 cm³/mol. The van der Waals surface area contributed by atoms with Gasteiger partial charge in [0.15, 0.2) is 6.61 Å². The van der Waals surface area contributed by atoms with E-state index in [0.717, 1.165) is 10.0 Å². The molecule has 0 aliphatic heterocycles. The standard InChI is InChI=1S/C16H13Br2ClN2O3/c1-9-4-12(19)2-3-14(9)24-8-15(22)21-20-7-10-5-11(17)6-13(18)16(10)23/h2-7,23H,8H2,1H3,(H,21,22). The maximum atomic E-state index is 11.7. The Kier molecular flexibility index (Phi) is 6.65. The fourth-order valence-electron chi connectivity index (χ4n) is 1.81. The van der Waals surface area contributed by atoms with Crippen molar-refractivity contribution in [1.29, 1.82) is 0 Å². The molecule has 0 aromatic heterocycles. The summed E-state index contributed by atoms with van der Waals surface area (Å²) in [5.74, 6) is 0.186. The van der Waals surface area contributed by atoms with Crippen LogP contribution in [0.15, 0.2) is 44.4 Å². The van der Waals surface area contributed by atoms with E-state index in [2.05, 4.69) is 42.4 Å². The lowest BCUT2D eigenvalue weighted by Gasteiger charge is -2.08. The van der Waals surface area contributed by atoms with Crippen LogP contribution in [0.25, 0.3) is 0 Å². The number of rotatable bonds is 5.